The molecule has 0 aliphatic heterocycles. The van der Waals surface area contributed by atoms with Crippen molar-refractivity contribution in [3.05, 3.63) is 28.2 Å². The van der Waals surface area contributed by atoms with E-state index in [1.54, 1.807) is 19.2 Å². The standard InChI is InChI=1S/C12H13BrN2O2/c1-15-12(16)3-2-6-17-11-5-4-10(13)7-9(11)8-14/h4-5,7H,2-3,6H2,1H3,(H,15,16). The molecule has 0 fully saturated rings. The SMILES string of the molecule is CNC(=O)CCCOc1ccc(Br)cc1C#N. The minimum Gasteiger partial charge on any atom is -0.492 e. The number of benzene rings is 1. The first kappa shape index (κ1) is 13.5. The van der Waals surface area contributed by atoms with Crippen LogP contribution in [0.25, 0.3) is 0 Å². The maximum absolute atomic E-state index is 11.0. The Morgan fingerprint density at radius 1 is 1.59 bits per heavy atom. The van der Waals surface area contributed by atoms with Crippen LogP contribution < -0.4 is 10.1 Å². The maximum atomic E-state index is 11.0. The molecule has 17 heavy (non-hydrogen) atoms. The van der Waals surface area contributed by atoms with Crippen molar-refractivity contribution in [2.45, 2.75) is 12.8 Å². The quantitative estimate of drug-likeness (QED) is 0.848. The van der Waals surface area contributed by atoms with E-state index in [0.717, 1.165) is 4.47 Å². The van der Waals surface area contributed by atoms with E-state index in [-0.39, 0.29) is 5.91 Å². The number of halogens is 1. The molecule has 0 bridgehead atoms. The molecule has 0 atom stereocenters. The zero-order valence-electron chi connectivity index (χ0n) is 9.50. The largest absolute Gasteiger partial charge is 0.492 e. The molecule has 1 rings (SSSR count). The van der Waals surface area contributed by atoms with Crippen molar-refractivity contribution < 1.29 is 9.53 Å². The Morgan fingerprint density at radius 2 is 2.35 bits per heavy atom. The lowest BCUT2D eigenvalue weighted by molar-refractivity contribution is -0.120. The third-order valence-electron chi connectivity index (χ3n) is 2.15. The van der Waals surface area contributed by atoms with Crippen LogP contribution in [0, 0.1) is 11.3 Å². The third-order valence-corrected chi connectivity index (χ3v) is 2.64. The van der Waals surface area contributed by atoms with Crippen LogP contribution in [0.3, 0.4) is 0 Å². The number of ether oxygens (including phenoxy) is 1. The summed E-state index contributed by atoms with van der Waals surface area (Å²) in [6, 6.07) is 7.32. The Hall–Kier alpha value is -1.54. The molecule has 90 valence electrons. The minimum atomic E-state index is -0.00934. The highest BCUT2D eigenvalue weighted by atomic mass is 79.9. The summed E-state index contributed by atoms with van der Waals surface area (Å²) >= 11 is 3.29. The van der Waals surface area contributed by atoms with Crippen LogP contribution in [-0.4, -0.2) is 19.6 Å². The van der Waals surface area contributed by atoms with E-state index in [0.29, 0.717) is 30.8 Å². The van der Waals surface area contributed by atoms with E-state index in [2.05, 4.69) is 27.3 Å². The highest BCUT2D eigenvalue weighted by Crippen LogP contribution is 2.22. The van der Waals surface area contributed by atoms with Gasteiger partial charge in [-0.3, -0.25) is 4.79 Å². The van der Waals surface area contributed by atoms with Gasteiger partial charge in [0.05, 0.1) is 12.2 Å². The smallest absolute Gasteiger partial charge is 0.219 e. The maximum Gasteiger partial charge on any atom is 0.219 e. The summed E-state index contributed by atoms with van der Waals surface area (Å²) in [4.78, 5) is 11.0. The molecule has 1 aromatic carbocycles. The van der Waals surface area contributed by atoms with Crippen molar-refractivity contribution in [1.29, 1.82) is 5.26 Å². The third kappa shape index (κ3) is 4.45. The van der Waals surface area contributed by atoms with Crippen LogP contribution >= 0.6 is 15.9 Å². The molecule has 0 aromatic heterocycles. The summed E-state index contributed by atoms with van der Waals surface area (Å²) in [7, 11) is 1.60. The minimum absolute atomic E-state index is 0.00934. The molecule has 0 saturated heterocycles. The molecule has 1 N–H and O–H groups in total. The number of carbonyl (C=O) groups excluding carboxylic acids is 1. The van der Waals surface area contributed by atoms with Crippen molar-refractivity contribution in [3.8, 4) is 11.8 Å². The molecule has 0 aliphatic carbocycles. The molecular weight excluding hydrogens is 284 g/mol. The van der Waals surface area contributed by atoms with Crippen LogP contribution in [0.2, 0.25) is 0 Å². The number of hydrogen-bond donors (Lipinski definition) is 1. The summed E-state index contributed by atoms with van der Waals surface area (Å²) in [5.41, 5.74) is 0.485. The van der Waals surface area contributed by atoms with E-state index in [1.807, 2.05) is 6.07 Å². The van der Waals surface area contributed by atoms with Gasteiger partial charge >= 0.3 is 0 Å². The number of amides is 1. The summed E-state index contributed by atoms with van der Waals surface area (Å²) < 4.78 is 6.29. The van der Waals surface area contributed by atoms with Gasteiger partial charge in [-0.25, -0.2) is 0 Å². The number of nitrogens with zero attached hydrogens (tertiary/aromatic N) is 1. The molecule has 0 aliphatic rings. The van der Waals surface area contributed by atoms with Gasteiger partial charge < -0.3 is 10.1 Å². The second-order valence-electron chi connectivity index (χ2n) is 3.38. The number of carbonyl (C=O) groups is 1. The topological polar surface area (TPSA) is 62.1 Å². The van der Waals surface area contributed by atoms with Gasteiger partial charge in [-0.1, -0.05) is 15.9 Å². The van der Waals surface area contributed by atoms with Crippen molar-refractivity contribution >= 4 is 21.8 Å². The molecule has 0 saturated carbocycles. The normalized spacial score (nSPS) is 9.47. The Balaban J connectivity index is 2.47. The number of hydrogen-bond acceptors (Lipinski definition) is 3. The number of rotatable bonds is 5. The molecule has 5 heteroatoms. The predicted octanol–water partition coefficient (Wildman–Crippen LogP) is 2.23. The van der Waals surface area contributed by atoms with E-state index in [1.165, 1.54) is 0 Å². The van der Waals surface area contributed by atoms with E-state index >= 15 is 0 Å². The first-order valence-corrected chi connectivity index (χ1v) is 5.99. The molecule has 0 spiro atoms. The fraction of sp³-hybridized carbons (Fsp3) is 0.333. The molecule has 1 aromatic rings. The van der Waals surface area contributed by atoms with Gasteiger partial charge in [-0.15, -0.1) is 0 Å². The zero-order valence-corrected chi connectivity index (χ0v) is 11.1. The van der Waals surface area contributed by atoms with Crippen molar-refractivity contribution in [2.24, 2.45) is 0 Å². The average molecular weight is 297 g/mol. The second-order valence-corrected chi connectivity index (χ2v) is 4.29. The number of nitrogens with one attached hydrogen (secondary N) is 1. The summed E-state index contributed by atoms with van der Waals surface area (Å²) in [5, 5.41) is 11.5. The molecule has 0 radical (unpaired) electrons. The van der Waals surface area contributed by atoms with E-state index in [4.69, 9.17) is 10.00 Å². The van der Waals surface area contributed by atoms with E-state index in [9.17, 15) is 4.79 Å². The van der Waals surface area contributed by atoms with Crippen molar-refractivity contribution in [1.82, 2.24) is 5.32 Å². The first-order valence-electron chi connectivity index (χ1n) is 5.20. The summed E-state index contributed by atoms with van der Waals surface area (Å²) in [6.45, 7) is 0.420. The van der Waals surface area contributed by atoms with Gasteiger partial charge in [0.25, 0.3) is 0 Å². The zero-order chi connectivity index (χ0) is 12.7. The fourth-order valence-electron chi connectivity index (χ4n) is 1.26. The molecule has 0 heterocycles. The number of nitriles is 1. The van der Waals surface area contributed by atoms with Gasteiger partial charge in [0, 0.05) is 17.9 Å². The van der Waals surface area contributed by atoms with Gasteiger partial charge in [-0.05, 0) is 24.6 Å². The van der Waals surface area contributed by atoms with Crippen LogP contribution in [0.1, 0.15) is 18.4 Å². The highest BCUT2D eigenvalue weighted by molar-refractivity contribution is 9.10. The summed E-state index contributed by atoms with van der Waals surface area (Å²) in [6.07, 6.45) is 1.05. The van der Waals surface area contributed by atoms with Crippen LogP contribution in [-0.2, 0) is 4.79 Å². The average Bonchev–Trinajstić information content (AvgIpc) is 2.35. The Labute approximate surface area is 109 Å². The Bertz CT molecular complexity index is 441. The van der Waals surface area contributed by atoms with Crippen LogP contribution in [0.5, 0.6) is 5.75 Å². The molecular formula is C12H13BrN2O2. The van der Waals surface area contributed by atoms with Gasteiger partial charge in [0.2, 0.25) is 5.91 Å². The van der Waals surface area contributed by atoms with Gasteiger partial charge in [0.1, 0.15) is 11.8 Å². The molecule has 0 unspecified atom stereocenters. The lowest BCUT2D eigenvalue weighted by Gasteiger charge is -2.07. The molecule has 4 nitrogen and oxygen atoms in total. The Kier molecular flexibility index (Phi) is 5.50. The monoisotopic (exact) mass is 296 g/mol. The lowest BCUT2D eigenvalue weighted by atomic mass is 10.2. The predicted molar refractivity (Wildman–Crippen MR) is 67.7 cm³/mol. The molecule has 1 amide bonds. The van der Waals surface area contributed by atoms with Crippen LogP contribution in [0.4, 0.5) is 0 Å². The van der Waals surface area contributed by atoms with Crippen LogP contribution in [0.15, 0.2) is 22.7 Å². The first-order chi connectivity index (χ1) is 8.17. The second kappa shape index (κ2) is 6.92. The Morgan fingerprint density at radius 3 is 3.00 bits per heavy atom. The lowest BCUT2D eigenvalue weighted by Crippen LogP contribution is -2.18. The van der Waals surface area contributed by atoms with E-state index < -0.39 is 0 Å². The van der Waals surface area contributed by atoms with Gasteiger partial charge in [0.15, 0.2) is 0 Å². The fourth-order valence-corrected chi connectivity index (χ4v) is 1.62. The van der Waals surface area contributed by atoms with Gasteiger partial charge in [-0.2, -0.15) is 5.26 Å². The highest BCUT2D eigenvalue weighted by Gasteiger charge is 2.04. The summed E-state index contributed by atoms with van der Waals surface area (Å²) in [5.74, 6) is 0.539. The van der Waals surface area contributed by atoms with Crippen molar-refractivity contribution in [2.75, 3.05) is 13.7 Å². The van der Waals surface area contributed by atoms with Crippen molar-refractivity contribution in [3.63, 3.8) is 0 Å².